The second-order valence-electron chi connectivity index (χ2n) is 5.53. The number of methoxy groups -OCH3 is 1. The molecule has 0 unspecified atom stereocenters. The van der Waals surface area contributed by atoms with E-state index in [2.05, 4.69) is 25.2 Å². The Balaban J connectivity index is 1.86. The molecule has 128 valence electrons. The van der Waals surface area contributed by atoms with Crippen molar-refractivity contribution in [3.63, 3.8) is 0 Å². The number of esters is 1. The Hall–Kier alpha value is -2.20. The van der Waals surface area contributed by atoms with Crippen LogP contribution in [-0.2, 0) is 4.74 Å². The van der Waals surface area contributed by atoms with E-state index in [9.17, 15) is 4.79 Å². The van der Waals surface area contributed by atoms with Crippen LogP contribution < -0.4 is 10.1 Å². The molecule has 0 saturated carbocycles. The fourth-order valence-corrected chi connectivity index (χ4v) is 2.50. The van der Waals surface area contributed by atoms with Crippen molar-refractivity contribution in [2.45, 2.75) is 20.3 Å². The lowest BCUT2D eigenvalue weighted by Crippen LogP contribution is -2.12. The number of para-hydroxylation sites is 1. The van der Waals surface area contributed by atoms with Gasteiger partial charge in [0.05, 0.1) is 30.0 Å². The van der Waals surface area contributed by atoms with Gasteiger partial charge in [-0.05, 0) is 55.7 Å². The van der Waals surface area contributed by atoms with Gasteiger partial charge in [-0.2, -0.15) is 0 Å². The van der Waals surface area contributed by atoms with Gasteiger partial charge in [0.25, 0.3) is 0 Å². The predicted octanol–water partition coefficient (Wildman–Crippen LogP) is 4.62. The summed E-state index contributed by atoms with van der Waals surface area (Å²) in [6.07, 6.45) is 0.777. The molecule has 2 aromatic carbocycles. The standard InChI is InChI=1S/C19H22ClNO3/c1-13-8-9-15(12-14(13)2)24-11-5-10-21-18-16(19(22)23-3)6-4-7-17(18)20/h4,6-9,12,21H,5,10-11H2,1-3H3. The van der Waals surface area contributed by atoms with Gasteiger partial charge in [0.2, 0.25) is 0 Å². The first-order valence-electron chi connectivity index (χ1n) is 7.83. The Morgan fingerprint density at radius 3 is 2.67 bits per heavy atom. The van der Waals surface area contributed by atoms with Crippen molar-refractivity contribution in [1.29, 1.82) is 0 Å². The third-order valence-electron chi connectivity index (χ3n) is 3.79. The van der Waals surface area contributed by atoms with Crippen molar-refractivity contribution < 1.29 is 14.3 Å². The van der Waals surface area contributed by atoms with E-state index in [1.807, 2.05) is 12.1 Å². The van der Waals surface area contributed by atoms with E-state index < -0.39 is 5.97 Å². The van der Waals surface area contributed by atoms with Crippen LogP contribution in [0.1, 0.15) is 27.9 Å². The summed E-state index contributed by atoms with van der Waals surface area (Å²) in [5, 5.41) is 3.68. The van der Waals surface area contributed by atoms with Crippen molar-refractivity contribution in [1.82, 2.24) is 0 Å². The second kappa shape index (κ2) is 8.60. The number of halogens is 1. The van der Waals surface area contributed by atoms with Gasteiger partial charge < -0.3 is 14.8 Å². The molecular formula is C19H22ClNO3. The lowest BCUT2D eigenvalue weighted by Gasteiger charge is -2.13. The molecular weight excluding hydrogens is 326 g/mol. The number of rotatable bonds is 7. The Labute approximate surface area is 147 Å². The number of carbonyl (C=O) groups excluding carboxylic acids is 1. The maximum Gasteiger partial charge on any atom is 0.340 e. The summed E-state index contributed by atoms with van der Waals surface area (Å²) in [5.41, 5.74) is 3.49. The third-order valence-corrected chi connectivity index (χ3v) is 4.10. The number of carbonyl (C=O) groups is 1. The van der Waals surface area contributed by atoms with Crippen LogP contribution in [0.4, 0.5) is 5.69 Å². The summed E-state index contributed by atoms with van der Waals surface area (Å²) in [5.74, 6) is 0.456. The van der Waals surface area contributed by atoms with Gasteiger partial charge in [0, 0.05) is 6.54 Å². The van der Waals surface area contributed by atoms with Crippen LogP contribution in [0.2, 0.25) is 5.02 Å². The number of hydrogen-bond donors (Lipinski definition) is 1. The molecule has 0 aromatic heterocycles. The molecule has 0 aliphatic rings. The molecule has 0 atom stereocenters. The number of hydrogen-bond acceptors (Lipinski definition) is 4. The van der Waals surface area contributed by atoms with Gasteiger partial charge in [0.15, 0.2) is 0 Å². The Bertz CT molecular complexity index is 716. The molecule has 0 saturated heterocycles. The zero-order valence-electron chi connectivity index (χ0n) is 14.2. The highest BCUT2D eigenvalue weighted by molar-refractivity contribution is 6.34. The van der Waals surface area contributed by atoms with E-state index in [-0.39, 0.29) is 0 Å². The van der Waals surface area contributed by atoms with Crippen LogP contribution >= 0.6 is 11.6 Å². The summed E-state index contributed by atoms with van der Waals surface area (Å²) in [6, 6.07) is 11.2. The molecule has 2 aromatic rings. The minimum absolute atomic E-state index is 0.411. The Morgan fingerprint density at radius 2 is 1.96 bits per heavy atom. The average molecular weight is 348 g/mol. The van der Waals surface area contributed by atoms with Crippen LogP contribution in [-0.4, -0.2) is 26.2 Å². The largest absolute Gasteiger partial charge is 0.494 e. The zero-order chi connectivity index (χ0) is 17.5. The third kappa shape index (κ3) is 4.65. The Kier molecular flexibility index (Phi) is 6.50. The number of ether oxygens (including phenoxy) is 2. The first-order valence-corrected chi connectivity index (χ1v) is 8.21. The van der Waals surface area contributed by atoms with Crippen LogP contribution in [0.25, 0.3) is 0 Å². The monoisotopic (exact) mass is 347 g/mol. The zero-order valence-corrected chi connectivity index (χ0v) is 14.9. The minimum Gasteiger partial charge on any atom is -0.494 e. The van der Waals surface area contributed by atoms with E-state index in [0.29, 0.717) is 29.4 Å². The molecule has 0 spiro atoms. The molecule has 24 heavy (non-hydrogen) atoms. The summed E-state index contributed by atoms with van der Waals surface area (Å²) in [7, 11) is 1.35. The van der Waals surface area contributed by atoms with Gasteiger partial charge in [-0.3, -0.25) is 0 Å². The van der Waals surface area contributed by atoms with Crippen molar-refractivity contribution >= 4 is 23.3 Å². The smallest absolute Gasteiger partial charge is 0.340 e. The minimum atomic E-state index is -0.411. The summed E-state index contributed by atoms with van der Waals surface area (Å²) in [4.78, 5) is 11.8. The van der Waals surface area contributed by atoms with E-state index in [4.69, 9.17) is 21.1 Å². The van der Waals surface area contributed by atoms with Gasteiger partial charge in [-0.15, -0.1) is 0 Å². The first-order chi connectivity index (χ1) is 11.5. The Morgan fingerprint density at radius 1 is 1.17 bits per heavy atom. The van der Waals surface area contributed by atoms with Gasteiger partial charge in [-0.1, -0.05) is 23.7 Å². The van der Waals surface area contributed by atoms with Crippen LogP contribution in [0.3, 0.4) is 0 Å². The van der Waals surface area contributed by atoms with Crippen LogP contribution in [0.5, 0.6) is 5.75 Å². The number of anilines is 1. The maximum absolute atomic E-state index is 11.8. The molecule has 1 N–H and O–H groups in total. The lowest BCUT2D eigenvalue weighted by molar-refractivity contribution is 0.0602. The molecule has 5 heteroatoms. The molecule has 0 heterocycles. The molecule has 0 aliphatic carbocycles. The first kappa shape index (κ1) is 18.1. The van der Waals surface area contributed by atoms with Crippen molar-refractivity contribution in [3.05, 3.63) is 58.1 Å². The van der Waals surface area contributed by atoms with Crippen molar-refractivity contribution in [3.8, 4) is 5.75 Å². The summed E-state index contributed by atoms with van der Waals surface area (Å²) in [6.45, 7) is 5.35. The lowest BCUT2D eigenvalue weighted by atomic mass is 10.1. The summed E-state index contributed by atoms with van der Waals surface area (Å²) < 4.78 is 10.5. The molecule has 0 radical (unpaired) electrons. The maximum atomic E-state index is 11.8. The van der Waals surface area contributed by atoms with E-state index in [1.54, 1.807) is 18.2 Å². The summed E-state index contributed by atoms with van der Waals surface area (Å²) >= 11 is 6.17. The van der Waals surface area contributed by atoms with E-state index >= 15 is 0 Å². The molecule has 0 amide bonds. The average Bonchev–Trinajstić information content (AvgIpc) is 2.58. The topological polar surface area (TPSA) is 47.6 Å². The molecule has 2 rings (SSSR count). The quantitative estimate of drug-likeness (QED) is 0.586. The molecule has 0 bridgehead atoms. The SMILES string of the molecule is COC(=O)c1cccc(Cl)c1NCCCOc1ccc(C)c(C)c1. The van der Waals surface area contributed by atoms with Gasteiger partial charge >= 0.3 is 5.97 Å². The second-order valence-corrected chi connectivity index (χ2v) is 5.94. The van der Waals surface area contributed by atoms with Crippen LogP contribution in [0, 0.1) is 13.8 Å². The highest BCUT2D eigenvalue weighted by atomic mass is 35.5. The van der Waals surface area contributed by atoms with E-state index in [0.717, 1.165) is 12.2 Å². The highest BCUT2D eigenvalue weighted by Crippen LogP contribution is 2.26. The molecule has 4 nitrogen and oxygen atoms in total. The predicted molar refractivity (Wildman–Crippen MR) is 97.3 cm³/mol. The van der Waals surface area contributed by atoms with Gasteiger partial charge in [0.1, 0.15) is 5.75 Å². The fraction of sp³-hybridized carbons (Fsp3) is 0.316. The fourth-order valence-electron chi connectivity index (χ4n) is 2.26. The normalized spacial score (nSPS) is 10.3. The number of aryl methyl sites for hydroxylation is 2. The molecule has 0 aliphatic heterocycles. The van der Waals surface area contributed by atoms with Crippen molar-refractivity contribution in [2.75, 3.05) is 25.6 Å². The molecule has 0 fully saturated rings. The van der Waals surface area contributed by atoms with Crippen LogP contribution in [0.15, 0.2) is 36.4 Å². The highest BCUT2D eigenvalue weighted by Gasteiger charge is 2.13. The number of benzene rings is 2. The number of nitrogens with one attached hydrogen (secondary N) is 1. The van der Waals surface area contributed by atoms with E-state index in [1.165, 1.54) is 18.2 Å². The van der Waals surface area contributed by atoms with Crippen molar-refractivity contribution in [2.24, 2.45) is 0 Å². The van der Waals surface area contributed by atoms with Gasteiger partial charge in [-0.25, -0.2) is 4.79 Å².